The minimum absolute atomic E-state index is 0.192. The monoisotopic (exact) mass is 357 g/mol. The summed E-state index contributed by atoms with van der Waals surface area (Å²) in [6.07, 6.45) is 0.881. The number of fused-ring (bicyclic) bond motifs is 1. The Hall–Kier alpha value is -2.89. The lowest BCUT2D eigenvalue weighted by Gasteiger charge is -2.25. The van der Waals surface area contributed by atoms with E-state index in [1.807, 2.05) is 18.2 Å². The highest BCUT2D eigenvalue weighted by atomic mass is 16.5. The molecule has 1 N–H and O–H groups in total. The number of hydrogen-bond donors (Lipinski definition) is 1. The van der Waals surface area contributed by atoms with Gasteiger partial charge in [0.2, 0.25) is 5.75 Å². The van der Waals surface area contributed by atoms with Crippen molar-refractivity contribution in [3.63, 3.8) is 0 Å². The van der Waals surface area contributed by atoms with Crippen LogP contribution in [0.4, 0.5) is 0 Å². The number of carbonyl (C=O) groups excluding carboxylic acids is 1. The molecule has 2 aromatic rings. The maximum atomic E-state index is 12.6. The summed E-state index contributed by atoms with van der Waals surface area (Å²) in [5.74, 6) is 2.33. The number of nitrogens with one attached hydrogen (secondary N) is 1. The number of methoxy groups -OCH3 is 3. The predicted molar refractivity (Wildman–Crippen MR) is 97.6 cm³/mol. The summed E-state index contributed by atoms with van der Waals surface area (Å²) in [5.41, 5.74) is 1.63. The smallest absolute Gasteiger partial charge is 0.251 e. The molecule has 1 aliphatic rings. The first-order chi connectivity index (χ1) is 12.7. The van der Waals surface area contributed by atoms with E-state index in [2.05, 4.69) is 11.4 Å². The number of hydrogen-bond acceptors (Lipinski definition) is 5. The van der Waals surface area contributed by atoms with Gasteiger partial charge in [-0.1, -0.05) is 18.2 Å². The minimum atomic E-state index is -0.192. The van der Waals surface area contributed by atoms with E-state index in [0.717, 1.165) is 12.2 Å². The Balaban J connectivity index is 1.67. The SMILES string of the molecule is COc1cc(C(=O)NC[C@@H]2COc3ccccc3C2)cc(OC)c1OC. The molecule has 0 spiro atoms. The largest absolute Gasteiger partial charge is 0.493 e. The number of ether oxygens (including phenoxy) is 4. The third-order valence-electron chi connectivity index (χ3n) is 4.43. The highest BCUT2D eigenvalue weighted by Gasteiger charge is 2.21. The quantitative estimate of drug-likeness (QED) is 0.861. The van der Waals surface area contributed by atoms with Crippen LogP contribution in [-0.4, -0.2) is 40.4 Å². The van der Waals surface area contributed by atoms with Gasteiger partial charge in [0.1, 0.15) is 5.75 Å². The minimum Gasteiger partial charge on any atom is -0.493 e. The summed E-state index contributed by atoms with van der Waals surface area (Å²) >= 11 is 0. The van der Waals surface area contributed by atoms with Gasteiger partial charge in [-0.05, 0) is 30.2 Å². The maximum absolute atomic E-state index is 12.6. The maximum Gasteiger partial charge on any atom is 0.251 e. The van der Waals surface area contributed by atoms with Gasteiger partial charge in [0.05, 0.1) is 27.9 Å². The van der Waals surface area contributed by atoms with E-state index in [1.165, 1.54) is 26.9 Å². The molecule has 1 atom stereocenters. The van der Waals surface area contributed by atoms with Gasteiger partial charge < -0.3 is 24.3 Å². The normalized spacial score (nSPS) is 15.4. The van der Waals surface area contributed by atoms with E-state index in [9.17, 15) is 4.79 Å². The number of benzene rings is 2. The first-order valence-electron chi connectivity index (χ1n) is 8.45. The fourth-order valence-electron chi connectivity index (χ4n) is 3.07. The zero-order valence-electron chi connectivity index (χ0n) is 15.2. The average molecular weight is 357 g/mol. The first-order valence-corrected chi connectivity index (χ1v) is 8.45. The second-order valence-corrected chi connectivity index (χ2v) is 6.11. The van der Waals surface area contributed by atoms with Crippen molar-refractivity contribution in [1.82, 2.24) is 5.32 Å². The standard InChI is InChI=1S/C20H23NO5/c1-23-17-9-15(10-18(24-2)19(17)25-3)20(22)21-11-13-8-14-6-4-5-7-16(14)26-12-13/h4-7,9-10,13H,8,11-12H2,1-3H3,(H,21,22)/t13-/m1/s1. The number of amides is 1. The molecule has 0 aliphatic carbocycles. The van der Waals surface area contributed by atoms with Crippen molar-refractivity contribution < 1.29 is 23.7 Å². The number of carbonyl (C=O) groups is 1. The van der Waals surface area contributed by atoms with Crippen molar-refractivity contribution in [1.29, 1.82) is 0 Å². The number of para-hydroxylation sites is 1. The van der Waals surface area contributed by atoms with Crippen LogP contribution < -0.4 is 24.3 Å². The molecule has 0 bridgehead atoms. The third kappa shape index (κ3) is 3.69. The fourth-order valence-corrected chi connectivity index (χ4v) is 3.07. The Morgan fingerprint density at radius 2 is 1.81 bits per heavy atom. The molecule has 0 saturated carbocycles. The molecule has 0 aromatic heterocycles. The molecule has 0 unspecified atom stereocenters. The molecular formula is C20H23NO5. The summed E-state index contributed by atoms with van der Waals surface area (Å²) in [6, 6.07) is 11.3. The van der Waals surface area contributed by atoms with E-state index in [-0.39, 0.29) is 11.8 Å². The van der Waals surface area contributed by atoms with Gasteiger partial charge in [-0.15, -0.1) is 0 Å². The second kappa shape index (κ2) is 7.99. The van der Waals surface area contributed by atoms with Crippen LogP contribution >= 0.6 is 0 Å². The van der Waals surface area contributed by atoms with Crippen LogP contribution in [-0.2, 0) is 6.42 Å². The molecule has 1 amide bonds. The van der Waals surface area contributed by atoms with Crippen molar-refractivity contribution in [2.45, 2.75) is 6.42 Å². The molecule has 138 valence electrons. The highest BCUT2D eigenvalue weighted by molar-refractivity contribution is 5.95. The molecule has 2 aromatic carbocycles. The van der Waals surface area contributed by atoms with Crippen LogP contribution in [0, 0.1) is 5.92 Å². The van der Waals surface area contributed by atoms with Crippen molar-refractivity contribution in [3.8, 4) is 23.0 Å². The van der Waals surface area contributed by atoms with Gasteiger partial charge in [0.15, 0.2) is 11.5 Å². The van der Waals surface area contributed by atoms with Crippen LogP contribution in [0.1, 0.15) is 15.9 Å². The van der Waals surface area contributed by atoms with E-state index < -0.39 is 0 Å². The van der Waals surface area contributed by atoms with Crippen LogP contribution in [0.5, 0.6) is 23.0 Å². The Morgan fingerprint density at radius 3 is 2.46 bits per heavy atom. The van der Waals surface area contributed by atoms with E-state index in [0.29, 0.717) is 36.0 Å². The van der Waals surface area contributed by atoms with Crippen LogP contribution in [0.3, 0.4) is 0 Å². The topological polar surface area (TPSA) is 66.0 Å². The predicted octanol–water partition coefficient (Wildman–Crippen LogP) is 2.69. The Bertz CT molecular complexity index is 765. The average Bonchev–Trinajstić information content (AvgIpc) is 2.70. The molecule has 6 nitrogen and oxygen atoms in total. The van der Waals surface area contributed by atoms with Gasteiger partial charge in [-0.3, -0.25) is 4.79 Å². The van der Waals surface area contributed by atoms with Crippen molar-refractivity contribution >= 4 is 5.91 Å². The van der Waals surface area contributed by atoms with Gasteiger partial charge in [0.25, 0.3) is 5.91 Å². The van der Waals surface area contributed by atoms with Crippen LogP contribution in [0.2, 0.25) is 0 Å². The van der Waals surface area contributed by atoms with E-state index in [1.54, 1.807) is 12.1 Å². The van der Waals surface area contributed by atoms with Gasteiger partial charge in [0, 0.05) is 18.0 Å². The summed E-state index contributed by atoms with van der Waals surface area (Å²) < 4.78 is 21.6. The van der Waals surface area contributed by atoms with Crippen LogP contribution in [0.25, 0.3) is 0 Å². The van der Waals surface area contributed by atoms with Crippen molar-refractivity contribution in [3.05, 3.63) is 47.5 Å². The summed E-state index contributed by atoms with van der Waals surface area (Å²) in [5, 5.41) is 2.97. The number of rotatable bonds is 6. The molecular weight excluding hydrogens is 334 g/mol. The molecule has 26 heavy (non-hydrogen) atoms. The van der Waals surface area contributed by atoms with Crippen molar-refractivity contribution in [2.75, 3.05) is 34.5 Å². The lowest BCUT2D eigenvalue weighted by atomic mass is 9.96. The molecule has 0 radical (unpaired) electrons. The van der Waals surface area contributed by atoms with E-state index >= 15 is 0 Å². The van der Waals surface area contributed by atoms with Gasteiger partial charge in [-0.2, -0.15) is 0 Å². The third-order valence-corrected chi connectivity index (χ3v) is 4.43. The molecule has 3 rings (SSSR count). The summed E-state index contributed by atoms with van der Waals surface area (Å²) in [4.78, 5) is 12.6. The zero-order valence-corrected chi connectivity index (χ0v) is 15.2. The highest BCUT2D eigenvalue weighted by Crippen LogP contribution is 2.38. The Kier molecular flexibility index (Phi) is 5.51. The molecule has 1 heterocycles. The molecule has 1 aliphatic heterocycles. The Morgan fingerprint density at radius 1 is 1.12 bits per heavy atom. The molecule has 6 heteroatoms. The molecule has 0 saturated heterocycles. The van der Waals surface area contributed by atoms with Crippen LogP contribution in [0.15, 0.2) is 36.4 Å². The summed E-state index contributed by atoms with van der Waals surface area (Å²) in [6.45, 7) is 1.12. The summed E-state index contributed by atoms with van der Waals surface area (Å²) in [7, 11) is 4.58. The first kappa shape index (κ1) is 17.9. The Labute approximate surface area is 153 Å². The van der Waals surface area contributed by atoms with Gasteiger partial charge in [-0.25, -0.2) is 0 Å². The molecule has 0 fully saturated rings. The lowest BCUT2D eigenvalue weighted by Crippen LogP contribution is -2.34. The van der Waals surface area contributed by atoms with Gasteiger partial charge >= 0.3 is 0 Å². The fraction of sp³-hybridized carbons (Fsp3) is 0.350. The lowest BCUT2D eigenvalue weighted by molar-refractivity contribution is 0.0938. The zero-order chi connectivity index (χ0) is 18.5. The van der Waals surface area contributed by atoms with E-state index in [4.69, 9.17) is 18.9 Å². The second-order valence-electron chi connectivity index (χ2n) is 6.11. The van der Waals surface area contributed by atoms with Crippen molar-refractivity contribution in [2.24, 2.45) is 5.92 Å².